The maximum absolute atomic E-state index is 12.3. The molecule has 0 spiro atoms. The molecule has 1 amide bonds. The van der Waals surface area contributed by atoms with E-state index in [2.05, 4.69) is 10.4 Å². The van der Waals surface area contributed by atoms with E-state index >= 15 is 0 Å². The van der Waals surface area contributed by atoms with Gasteiger partial charge in [0, 0.05) is 13.3 Å². The second-order valence-electron chi connectivity index (χ2n) is 6.84. The van der Waals surface area contributed by atoms with Crippen LogP contribution in [0.1, 0.15) is 36.7 Å². The molecule has 1 N–H and O–H groups in total. The summed E-state index contributed by atoms with van der Waals surface area (Å²) in [5, 5.41) is 7.53. The first-order valence-corrected chi connectivity index (χ1v) is 9.22. The lowest BCUT2D eigenvalue weighted by atomic mass is 10.1. The van der Waals surface area contributed by atoms with Crippen molar-refractivity contribution in [3.8, 4) is 10.6 Å². The van der Waals surface area contributed by atoms with Gasteiger partial charge >= 0.3 is 12.1 Å². The topological polar surface area (TPSA) is 91.7 Å². The molecule has 0 bridgehead atoms. The predicted molar refractivity (Wildman–Crippen MR) is 103 cm³/mol. The van der Waals surface area contributed by atoms with E-state index in [9.17, 15) is 9.59 Å². The standard InChI is InChI=1S/C18H25N3O5S/c1-11-13(16(22)25-6)15(19-17(23)26-18(2,3)4)27-14(11)12-7-8-21(20-12)9-10-24-5/h7-8H,9-10H2,1-6H3,(H,19,23). The third-order valence-electron chi connectivity index (χ3n) is 3.55. The summed E-state index contributed by atoms with van der Waals surface area (Å²) in [6.45, 7) is 8.27. The van der Waals surface area contributed by atoms with Crippen LogP contribution in [0.5, 0.6) is 0 Å². The average molecular weight is 395 g/mol. The van der Waals surface area contributed by atoms with Gasteiger partial charge in [0.2, 0.25) is 0 Å². The van der Waals surface area contributed by atoms with E-state index in [1.165, 1.54) is 18.4 Å². The lowest BCUT2D eigenvalue weighted by Crippen LogP contribution is -2.27. The van der Waals surface area contributed by atoms with Crippen LogP contribution in [-0.2, 0) is 20.8 Å². The summed E-state index contributed by atoms with van der Waals surface area (Å²) in [6.07, 6.45) is 1.21. The Kier molecular flexibility index (Phi) is 6.61. The van der Waals surface area contributed by atoms with E-state index in [0.29, 0.717) is 35.0 Å². The molecule has 0 radical (unpaired) electrons. The fourth-order valence-electron chi connectivity index (χ4n) is 2.38. The Bertz CT molecular complexity index is 820. The molecule has 0 aliphatic heterocycles. The number of carbonyl (C=O) groups excluding carboxylic acids is 2. The third-order valence-corrected chi connectivity index (χ3v) is 4.78. The zero-order chi connectivity index (χ0) is 20.2. The van der Waals surface area contributed by atoms with Gasteiger partial charge in [0.25, 0.3) is 0 Å². The molecule has 0 saturated heterocycles. The Labute approximate surface area is 162 Å². The number of hydrogen-bond acceptors (Lipinski definition) is 7. The number of hydrogen-bond donors (Lipinski definition) is 1. The van der Waals surface area contributed by atoms with Gasteiger partial charge in [-0.05, 0) is 39.3 Å². The number of thiophene rings is 1. The Balaban J connectivity index is 2.37. The van der Waals surface area contributed by atoms with Crippen LogP contribution in [-0.4, -0.2) is 48.3 Å². The second kappa shape index (κ2) is 8.53. The van der Waals surface area contributed by atoms with Gasteiger partial charge < -0.3 is 14.2 Å². The Hall–Kier alpha value is -2.39. The molecular weight excluding hydrogens is 370 g/mol. The van der Waals surface area contributed by atoms with Crippen LogP contribution in [0, 0.1) is 6.92 Å². The van der Waals surface area contributed by atoms with Gasteiger partial charge in [0.05, 0.1) is 30.7 Å². The smallest absolute Gasteiger partial charge is 0.412 e. The van der Waals surface area contributed by atoms with E-state index in [4.69, 9.17) is 14.2 Å². The molecule has 0 aromatic carbocycles. The van der Waals surface area contributed by atoms with Crippen LogP contribution >= 0.6 is 11.3 Å². The number of rotatable bonds is 6. The molecule has 0 saturated carbocycles. The van der Waals surface area contributed by atoms with Crippen molar-refractivity contribution in [3.63, 3.8) is 0 Å². The van der Waals surface area contributed by atoms with Crippen molar-refractivity contribution in [2.75, 3.05) is 26.1 Å². The minimum Gasteiger partial charge on any atom is -0.465 e. The summed E-state index contributed by atoms with van der Waals surface area (Å²) >= 11 is 1.25. The van der Waals surface area contributed by atoms with E-state index in [-0.39, 0.29) is 0 Å². The third kappa shape index (κ3) is 5.30. The zero-order valence-corrected chi connectivity index (χ0v) is 17.2. The molecule has 0 aliphatic rings. The summed E-state index contributed by atoms with van der Waals surface area (Å²) in [5.74, 6) is -0.528. The molecule has 148 valence electrons. The van der Waals surface area contributed by atoms with Crippen LogP contribution in [0.15, 0.2) is 12.3 Å². The summed E-state index contributed by atoms with van der Waals surface area (Å²) in [6, 6.07) is 1.85. The van der Waals surface area contributed by atoms with Crippen LogP contribution in [0.3, 0.4) is 0 Å². The highest BCUT2D eigenvalue weighted by Gasteiger charge is 2.26. The van der Waals surface area contributed by atoms with E-state index < -0.39 is 17.7 Å². The maximum atomic E-state index is 12.3. The van der Waals surface area contributed by atoms with Crippen molar-refractivity contribution < 1.29 is 23.8 Å². The number of amides is 1. The first kappa shape index (κ1) is 20.9. The summed E-state index contributed by atoms with van der Waals surface area (Å²) in [4.78, 5) is 25.2. The first-order valence-electron chi connectivity index (χ1n) is 8.40. The zero-order valence-electron chi connectivity index (χ0n) is 16.4. The largest absolute Gasteiger partial charge is 0.465 e. The molecule has 0 fully saturated rings. The molecule has 9 heteroatoms. The van der Waals surface area contributed by atoms with Crippen molar-refractivity contribution in [1.29, 1.82) is 0 Å². The highest BCUT2D eigenvalue weighted by atomic mass is 32.1. The molecule has 2 rings (SSSR count). The van der Waals surface area contributed by atoms with Crippen LogP contribution in [0.25, 0.3) is 10.6 Å². The number of esters is 1. The maximum Gasteiger partial charge on any atom is 0.412 e. The number of anilines is 1. The quantitative estimate of drug-likeness (QED) is 0.750. The Morgan fingerprint density at radius 2 is 2.00 bits per heavy atom. The van der Waals surface area contributed by atoms with Gasteiger partial charge in [0.1, 0.15) is 16.3 Å². The van der Waals surface area contributed by atoms with Crippen LogP contribution < -0.4 is 5.32 Å². The average Bonchev–Trinajstić information content (AvgIpc) is 3.15. The number of methoxy groups -OCH3 is 2. The highest BCUT2D eigenvalue weighted by Crippen LogP contribution is 2.39. The fraction of sp³-hybridized carbons (Fsp3) is 0.500. The number of aromatic nitrogens is 2. The molecule has 27 heavy (non-hydrogen) atoms. The van der Waals surface area contributed by atoms with Gasteiger partial charge in [-0.1, -0.05) is 0 Å². The first-order chi connectivity index (χ1) is 12.7. The Morgan fingerprint density at radius 1 is 1.30 bits per heavy atom. The van der Waals surface area contributed by atoms with Gasteiger partial charge in [-0.3, -0.25) is 10.00 Å². The highest BCUT2D eigenvalue weighted by molar-refractivity contribution is 7.20. The summed E-state index contributed by atoms with van der Waals surface area (Å²) < 4.78 is 17.0. The van der Waals surface area contributed by atoms with Gasteiger partial charge in [-0.2, -0.15) is 5.10 Å². The van der Waals surface area contributed by atoms with Crippen molar-refractivity contribution in [3.05, 3.63) is 23.4 Å². The van der Waals surface area contributed by atoms with Gasteiger partial charge in [-0.25, -0.2) is 9.59 Å². The van der Waals surface area contributed by atoms with Crippen molar-refractivity contribution in [2.24, 2.45) is 0 Å². The Morgan fingerprint density at radius 3 is 2.59 bits per heavy atom. The fourth-order valence-corrected chi connectivity index (χ4v) is 3.53. The normalized spacial score (nSPS) is 11.3. The summed E-state index contributed by atoms with van der Waals surface area (Å²) in [7, 11) is 2.93. The van der Waals surface area contributed by atoms with Gasteiger partial charge in [-0.15, -0.1) is 11.3 Å². The van der Waals surface area contributed by atoms with Crippen LogP contribution in [0.4, 0.5) is 9.80 Å². The number of ether oxygens (including phenoxy) is 3. The number of nitrogens with one attached hydrogen (secondary N) is 1. The van der Waals surface area contributed by atoms with Crippen LogP contribution in [0.2, 0.25) is 0 Å². The SMILES string of the molecule is COCCn1ccc(-c2sc(NC(=O)OC(C)(C)C)c(C(=O)OC)c2C)n1. The second-order valence-corrected chi connectivity index (χ2v) is 7.86. The van der Waals surface area contributed by atoms with Crippen molar-refractivity contribution in [1.82, 2.24) is 9.78 Å². The van der Waals surface area contributed by atoms with E-state index in [1.54, 1.807) is 39.5 Å². The molecular formula is C18H25N3O5S. The molecule has 2 heterocycles. The van der Waals surface area contributed by atoms with Crippen molar-refractivity contribution in [2.45, 2.75) is 39.8 Å². The predicted octanol–water partition coefficient (Wildman–Crippen LogP) is 3.70. The lowest BCUT2D eigenvalue weighted by molar-refractivity contribution is 0.0601. The number of nitrogens with zero attached hydrogens (tertiary/aromatic N) is 2. The lowest BCUT2D eigenvalue weighted by Gasteiger charge is -2.19. The monoisotopic (exact) mass is 395 g/mol. The summed E-state index contributed by atoms with van der Waals surface area (Å²) in [5.41, 5.74) is 1.05. The van der Waals surface area contributed by atoms with E-state index in [1.807, 2.05) is 12.3 Å². The minimum absolute atomic E-state index is 0.301. The molecule has 2 aromatic heterocycles. The van der Waals surface area contributed by atoms with Crippen molar-refractivity contribution >= 4 is 28.4 Å². The molecule has 8 nitrogen and oxygen atoms in total. The molecule has 0 aliphatic carbocycles. The minimum atomic E-state index is -0.648. The van der Waals surface area contributed by atoms with Gasteiger partial charge in [0.15, 0.2) is 0 Å². The number of carbonyl (C=O) groups is 2. The molecule has 0 unspecified atom stereocenters. The molecule has 2 aromatic rings. The molecule has 0 atom stereocenters. The van der Waals surface area contributed by atoms with E-state index in [0.717, 1.165) is 4.88 Å².